The second-order valence-corrected chi connectivity index (χ2v) is 8.47. The Morgan fingerprint density at radius 1 is 1.24 bits per heavy atom. The Labute approximate surface area is 150 Å². The number of benzene rings is 1. The Kier molecular flexibility index (Phi) is 5.36. The first-order chi connectivity index (χ1) is 11.9. The average molecular weight is 381 g/mol. The molecule has 0 unspecified atom stereocenters. The van der Waals surface area contributed by atoms with E-state index in [9.17, 15) is 13.2 Å². The Morgan fingerprint density at radius 3 is 2.56 bits per heavy atom. The first-order valence-electron chi connectivity index (χ1n) is 7.83. The van der Waals surface area contributed by atoms with Gasteiger partial charge in [0.25, 0.3) is 0 Å². The van der Waals surface area contributed by atoms with E-state index in [0.717, 1.165) is 30.4 Å². The molecule has 1 saturated heterocycles. The molecule has 25 heavy (non-hydrogen) atoms. The highest BCUT2D eigenvalue weighted by atomic mass is 32.2. The number of ether oxygens (including phenoxy) is 1. The maximum absolute atomic E-state index is 12.2. The first kappa shape index (κ1) is 17.8. The molecule has 1 aromatic heterocycles. The fourth-order valence-corrected chi connectivity index (χ4v) is 3.84. The van der Waals surface area contributed by atoms with Crippen molar-refractivity contribution in [3.8, 4) is 11.3 Å². The molecule has 9 heteroatoms. The highest BCUT2D eigenvalue weighted by Crippen LogP contribution is 2.27. The molecular formula is C16H19N3O4S2. The molecule has 0 spiro atoms. The molecular weight excluding hydrogens is 362 g/mol. The second-order valence-electron chi connectivity index (χ2n) is 5.87. The van der Waals surface area contributed by atoms with Crippen LogP contribution >= 0.6 is 11.3 Å². The molecule has 134 valence electrons. The van der Waals surface area contributed by atoms with Crippen LogP contribution in [-0.4, -0.2) is 38.8 Å². The quantitative estimate of drug-likeness (QED) is 0.829. The Bertz CT molecular complexity index is 841. The fraction of sp³-hybridized carbons (Fsp3) is 0.375. The molecule has 0 radical (unpaired) electrons. The highest BCUT2D eigenvalue weighted by molar-refractivity contribution is 7.92. The molecule has 2 aromatic rings. The number of amides is 1. The number of anilines is 2. The van der Waals surface area contributed by atoms with Gasteiger partial charge in [-0.2, -0.15) is 0 Å². The molecule has 7 nitrogen and oxygen atoms in total. The van der Waals surface area contributed by atoms with Gasteiger partial charge in [0.2, 0.25) is 15.9 Å². The number of nitrogens with zero attached hydrogens (tertiary/aromatic N) is 1. The van der Waals surface area contributed by atoms with Gasteiger partial charge in [-0.1, -0.05) is 12.1 Å². The summed E-state index contributed by atoms with van der Waals surface area (Å²) in [6.07, 6.45) is 2.58. The normalized spacial score (nSPS) is 15.7. The van der Waals surface area contributed by atoms with Gasteiger partial charge in [-0.05, 0) is 25.0 Å². The molecule has 1 fully saturated rings. The number of carbonyl (C=O) groups excluding carboxylic acids is 1. The summed E-state index contributed by atoms with van der Waals surface area (Å²) in [5.41, 5.74) is 2.08. The number of rotatable bonds is 5. The van der Waals surface area contributed by atoms with E-state index in [2.05, 4.69) is 15.0 Å². The van der Waals surface area contributed by atoms with Crippen molar-refractivity contribution in [2.75, 3.05) is 29.5 Å². The van der Waals surface area contributed by atoms with Crippen molar-refractivity contribution in [2.24, 2.45) is 5.92 Å². The predicted octanol–water partition coefficient (Wildman–Crippen LogP) is 2.55. The summed E-state index contributed by atoms with van der Waals surface area (Å²) in [5, 5.41) is 5.29. The second kappa shape index (κ2) is 7.51. The maximum Gasteiger partial charge on any atom is 0.229 e. The molecule has 1 amide bonds. The van der Waals surface area contributed by atoms with Crippen molar-refractivity contribution >= 4 is 38.1 Å². The van der Waals surface area contributed by atoms with E-state index < -0.39 is 10.0 Å². The molecule has 1 aliphatic rings. The molecule has 0 bridgehead atoms. The van der Waals surface area contributed by atoms with Gasteiger partial charge in [-0.15, -0.1) is 11.3 Å². The van der Waals surface area contributed by atoms with Crippen molar-refractivity contribution in [1.29, 1.82) is 0 Å². The Morgan fingerprint density at radius 2 is 1.92 bits per heavy atom. The third kappa shape index (κ3) is 5.00. The zero-order valence-corrected chi connectivity index (χ0v) is 15.3. The van der Waals surface area contributed by atoms with E-state index in [0.29, 0.717) is 24.0 Å². The van der Waals surface area contributed by atoms with Gasteiger partial charge in [0.05, 0.1) is 11.9 Å². The molecule has 2 N–H and O–H groups in total. The third-order valence-corrected chi connectivity index (χ3v) is 5.17. The van der Waals surface area contributed by atoms with Crippen molar-refractivity contribution < 1.29 is 17.9 Å². The minimum atomic E-state index is -3.29. The summed E-state index contributed by atoms with van der Waals surface area (Å²) >= 11 is 1.37. The summed E-state index contributed by atoms with van der Waals surface area (Å²) in [6.45, 7) is 1.24. The topological polar surface area (TPSA) is 97.4 Å². The van der Waals surface area contributed by atoms with E-state index in [1.54, 1.807) is 24.3 Å². The van der Waals surface area contributed by atoms with Gasteiger partial charge < -0.3 is 10.1 Å². The van der Waals surface area contributed by atoms with E-state index in [4.69, 9.17) is 4.74 Å². The summed E-state index contributed by atoms with van der Waals surface area (Å²) < 4.78 is 30.1. The fourth-order valence-electron chi connectivity index (χ4n) is 2.55. The summed E-state index contributed by atoms with van der Waals surface area (Å²) in [4.78, 5) is 16.7. The van der Waals surface area contributed by atoms with Crippen LogP contribution in [0.3, 0.4) is 0 Å². The number of hydrogen-bond donors (Lipinski definition) is 2. The maximum atomic E-state index is 12.2. The van der Waals surface area contributed by atoms with Gasteiger partial charge in [0.1, 0.15) is 0 Å². The molecule has 1 aliphatic heterocycles. The largest absolute Gasteiger partial charge is 0.381 e. The molecule has 2 heterocycles. The van der Waals surface area contributed by atoms with E-state index in [-0.39, 0.29) is 11.8 Å². The van der Waals surface area contributed by atoms with Crippen LogP contribution in [0.1, 0.15) is 12.8 Å². The van der Waals surface area contributed by atoms with Crippen LogP contribution in [0.2, 0.25) is 0 Å². The third-order valence-electron chi connectivity index (χ3n) is 3.81. The lowest BCUT2D eigenvalue weighted by atomic mass is 10.00. The lowest BCUT2D eigenvalue weighted by molar-refractivity contribution is -0.122. The monoisotopic (exact) mass is 381 g/mol. The molecule has 0 aliphatic carbocycles. The van der Waals surface area contributed by atoms with Crippen LogP contribution in [0.15, 0.2) is 29.6 Å². The van der Waals surface area contributed by atoms with E-state index >= 15 is 0 Å². The smallest absolute Gasteiger partial charge is 0.229 e. The van der Waals surface area contributed by atoms with Crippen LogP contribution in [0.25, 0.3) is 11.3 Å². The van der Waals surface area contributed by atoms with Crippen molar-refractivity contribution in [3.05, 3.63) is 29.6 Å². The SMILES string of the molecule is CS(=O)(=O)Nc1ccc(-c2csc(NC(=O)C3CCOCC3)n2)cc1. The Hall–Kier alpha value is -1.97. The van der Waals surface area contributed by atoms with Crippen molar-refractivity contribution in [3.63, 3.8) is 0 Å². The summed E-state index contributed by atoms with van der Waals surface area (Å²) in [6, 6.07) is 6.92. The van der Waals surface area contributed by atoms with Crippen LogP contribution in [-0.2, 0) is 19.6 Å². The summed E-state index contributed by atoms with van der Waals surface area (Å²) in [5.74, 6) is -0.0423. The van der Waals surface area contributed by atoms with Crippen LogP contribution < -0.4 is 10.0 Å². The highest BCUT2D eigenvalue weighted by Gasteiger charge is 2.22. The molecule has 0 saturated carbocycles. The average Bonchev–Trinajstić information content (AvgIpc) is 3.03. The predicted molar refractivity (Wildman–Crippen MR) is 98.2 cm³/mol. The van der Waals surface area contributed by atoms with Gasteiger partial charge in [-0.25, -0.2) is 13.4 Å². The van der Waals surface area contributed by atoms with Crippen LogP contribution in [0, 0.1) is 5.92 Å². The van der Waals surface area contributed by atoms with E-state index in [1.165, 1.54) is 11.3 Å². The Balaban J connectivity index is 1.65. The number of thiazole rings is 1. The van der Waals surface area contributed by atoms with Gasteiger partial charge >= 0.3 is 0 Å². The van der Waals surface area contributed by atoms with Gasteiger partial charge in [-0.3, -0.25) is 9.52 Å². The molecule has 3 rings (SSSR count). The number of hydrogen-bond acceptors (Lipinski definition) is 6. The van der Waals surface area contributed by atoms with Crippen LogP contribution in [0.5, 0.6) is 0 Å². The number of nitrogens with one attached hydrogen (secondary N) is 2. The number of aromatic nitrogens is 1. The van der Waals surface area contributed by atoms with Gasteiger partial charge in [0.15, 0.2) is 5.13 Å². The molecule has 0 atom stereocenters. The van der Waals surface area contributed by atoms with Crippen LogP contribution in [0.4, 0.5) is 10.8 Å². The van der Waals surface area contributed by atoms with Crippen molar-refractivity contribution in [1.82, 2.24) is 4.98 Å². The summed E-state index contributed by atoms with van der Waals surface area (Å²) in [7, 11) is -3.29. The first-order valence-corrected chi connectivity index (χ1v) is 10.6. The molecule has 1 aromatic carbocycles. The number of sulfonamides is 1. The zero-order valence-electron chi connectivity index (χ0n) is 13.7. The number of carbonyl (C=O) groups is 1. The lowest BCUT2D eigenvalue weighted by Crippen LogP contribution is -2.28. The standard InChI is InChI=1S/C16H19N3O4S2/c1-25(21,22)19-13-4-2-11(3-5-13)14-10-24-16(17-14)18-15(20)12-6-8-23-9-7-12/h2-5,10,12,19H,6-9H2,1H3,(H,17,18,20). The lowest BCUT2D eigenvalue weighted by Gasteiger charge is -2.20. The zero-order chi connectivity index (χ0) is 17.9. The minimum absolute atomic E-state index is 0.0168. The van der Waals surface area contributed by atoms with Crippen molar-refractivity contribution in [2.45, 2.75) is 12.8 Å². The minimum Gasteiger partial charge on any atom is -0.381 e. The van der Waals surface area contributed by atoms with E-state index in [1.807, 2.05) is 5.38 Å². The van der Waals surface area contributed by atoms with Gasteiger partial charge in [0, 0.05) is 35.8 Å².